The topological polar surface area (TPSA) is 148 Å². The lowest BCUT2D eigenvalue weighted by molar-refractivity contribution is -0.122. The Morgan fingerprint density at radius 1 is 1.31 bits per heavy atom. The van der Waals surface area contributed by atoms with Gasteiger partial charge in [-0.2, -0.15) is 18.6 Å². The van der Waals surface area contributed by atoms with E-state index in [0.29, 0.717) is 22.0 Å². The average molecular weight is 379 g/mol. The Kier molecular flexibility index (Phi) is 3.50. The highest BCUT2D eigenvalue weighted by molar-refractivity contribution is 7.80. The molecular formula is C14H13N5O6S. The molecule has 0 spiro atoms. The SMILES string of the molecule is NC(=O)C1c2c(cnn2-c2ccccc2)C2CN1C(=O)N2OS(=O)(=O)O. The fraction of sp³-hybridized carbons (Fsp3) is 0.214. The molecule has 1 fully saturated rings. The van der Waals surface area contributed by atoms with E-state index in [1.54, 1.807) is 24.3 Å². The van der Waals surface area contributed by atoms with Crippen molar-refractivity contribution >= 4 is 22.3 Å². The van der Waals surface area contributed by atoms with Crippen LogP contribution in [-0.2, 0) is 19.5 Å². The molecule has 0 radical (unpaired) electrons. The highest BCUT2D eigenvalue weighted by Gasteiger charge is 2.53. The van der Waals surface area contributed by atoms with Gasteiger partial charge < -0.3 is 10.6 Å². The number of hydrogen-bond acceptors (Lipinski definition) is 6. The Balaban J connectivity index is 1.88. The third kappa shape index (κ3) is 2.42. The van der Waals surface area contributed by atoms with Crippen LogP contribution in [0.1, 0.15) is 23.3 Å². The summed E-state index contributed by atoms with van der Waals surface area (Å²) >= 11 is 0. The molecule has 2 aliphatic rings. The second-order valence-corrected chi connectivity index (χ2v) is 6.82. The van der Waals surface area contributed by atoms with Crippen molar-refractivity contribution in [2.45, 2.75) is 12.1 Å². The number of aromatic nitrogens is 2. The van der Waals surface area contributed by atoms with Crippen LogP contribution in [-0.4, -0.2) is 51.2 Å². The Morgan fingerprint density at radius 3 is 2.62 bits per heavy atom. The predicted molar refractivity (Wildman–Crippen MR) is 84.8 cm³/mol. The number of primary amides is 1. The summed E-state index contributed by atoms with van der Waals surface area (Å²) in [6.07, 6.45) is 1.42. The third-order valence-corrected chi connectivity index (χ3v) is 4.65. The highest BCUT2D eigenvalue weighted by Crippen LogP contribution is 2.44. The summed E-state index contributed by atoms with van der Waals surface area (Å²) in [5, 5.41) is 4.76. The lowest BCUT2D eigenvalue weighted by atomic mass is 9.97. The molecule has 11 nitrogen and oxygen atoms in total. The van der Waals surface area contributed by atoms with Crippen molar-refractivity contribution in [1.82, 2.24) is 19.7 Å². The van der Waals surface area contributed by atoms with Gasteiger partial charge in [0.15, 0.2) is 6.04 Å². The van der Waals surface area contributed by atoms with Gasteiger partial charge in [0.2, 0.25) is 5.91 Å². The summed E-state index contributed by atoms with van der Waals surface area (Å²) in [5.41, 5.74) is 6.89. The second-order valence-electron chi connectivity index (χ2n) is 5.82. The van der Waals surface area contributed by atoms with Gasteiger partial charge in [-0.1, -0.05) is 18.2 Å². The molecule has 26 heavy (non-hydrogen) atoms. The van der Waals surface area contributed by atoms with Gasteiger partial charge in [0.25, 0.3) is 0 Å². The van der Waals surface area contributed by atoms with Gasteiger partial charge in [0.1, 0.15) is 6.04 Å². The van der Waals surface area contributed by atoms with Gasteiger partial charge in [-0.05, 0) is 12.1 Å². The maximum Gasteiger partial charge on any atom is 0.418 e. The van der Waals surface area contributed by atoms with Crippen molar-refractivity contribution in [3.8, 4) is 5.69 Å². The summed E-state index contributed by atoms with van der Waals surface area (Å²) in [6, 6.07) is 5.95. The molecule has 1 aromatic carbocycles. The van der Waals surface area contributed by atoms with Crippen LogP contribution >= 0.6 is 0 Å². The number of nitrogens with two attached hydrogens (primary N) is 1. The van der Waals surface area contributed by atoms with Crippen LogP contribution in [0.15, 0.2) is 36.5 Å². The Morgan fingerprint density at radius 2 is 2.00 bits per heavy atom. The molecule has 2 aromatic rings. The van der Waals surface area contributed by atoms with Crippen LogP contribution in [0.2, 0.25) is 0 Å². The number of amides is 3. The largest absolute Gasteiger partial charge is 0.418 e. The van der Waals surface area contributed by atoms with Gasteiger partial charge in [-0.25, -0.2) is 9.48 Å². The van der Waals surface area contributed by atoms with E-state index in [4.69, 9.17) is 10.3 Å². The van der Waals surface area contributed by atoms with E-state index in [9.17, 15) is 18.0 Å². The first-order valence-corrected chi connectivity index (χ1v) is 8.84. The number of para-hydroxylation sites is 1. The zero-order valence-electron chi connectivity index (χ0n) is 13.1. The van der Waals surface area contributed by atoms with E-state index in [1.807, 2.05) is 6.07 Å². The number of hydroxylamine groups is 2. The van der Waals surface area contributed by atoms with Crippen LogP contribution < -0.4 is 5.73 Å². The molecule has 2 unspecified atom stereocenters. The molecule has 4 rings (SSSR count). The molecule has 12 heteroatoms. The normalized spacial score (nSPS) is 21.8. The van der Waals surface area contributed by atoms with Crippen LogP contribution in [0.3, 0.4) is 0 Å². The van der Waals surface area contributed by atoms with Crippen molar-refractivity contribution in [1.29, 1.82) is 0 Å². The Bertz CT molecular complexity index is 1000. The first-order chi connectivity index (χ1) is 12.3. The zero-order valence-corrected chi connectivity index (χ0v) is 13.9. The molecule has 136 valence electrons. The van der Waals surface area contributed by atoms with Crippen molar-refractivity contribution < 1.29 is 26.8 Å². The molecule has 2 atom stereocenters. The first kappa shape index (κ1) is 16.5. The summed E-state index contributed by atoms with van der Waals surface area (Å²) in [6.45, 7) is -0.0323. The minimum absolute atomic E-state index is 0.0323. The molecular weight excluding hydrogens is 366 g/mol. The quantitative estimate of drug-likeness (QED) is 0.706. The summed E-state index contributed by atoms with van der Waals surface area (Å²) < 4.78 is 37.0. The summed E-state index contributed by atoms with van der Waals surface area (Å²) in [5.74, 6) is -0.801. The van der Waals surface area contributed by atoms with E-state index in [1.165, 1.54) is 10.9 Å². The third-order valence-electron chi connectivity index (χ3n) is 4.30. The molecule has 1 aromatic heterocycles. The van der Waals surface area contributed by atoms with E-state index in [0.717, 1.165) is 4.90 Å². The zero-order chi connectivity index (χ0) is 18.6. The number of hydrogen-bond donors (Lipinski definition) is 2. The number of carbonyl (C=O) groups excluding carboxylic acids is 2. The molecule has 2 aliphatic heterocycles. The monoisotopic (exact) mass is 379 g/mol. The lowest BCUT2D eigenvalue weighted by Gasteiger charge is -2.29. The first-order valence-electron chi connectivity index (χ1n) is 7.47. The van der Waals surface area contributed by atoms with Crippen LogP contribution in [0.4, 0.5) is 4.79 Å². The molecule has 3 heterocycles. The fourth-order valence-electron chi connectivity index (χ4n) is 3.34. The summed E-state index contributed by atoms with van der Waals surface area (Å²) in [7, 11) is -4.93. The van der Waals surface area contributed by atoms with E-state index < -0.39 is 34.4 Å². The lowest BCUT2D eigenvalue weighted by Crippen LogP contribution is -2.42. The second kappa shape index (κ2) is 5.52. The minimum Gasteiger partial charge on any atom is -0.368 e. The molecule has 0 aliphatic carbocycles. The van der Waals surface area contributed by atoms with Crippen molar-refractivity contribution in [2.75, 3.05) is 6.54 Å². The van der Waals surface area contributed by atoms with Gasteiger partial charge in [0.05, 0.1) is 24.1 Å². The number of nitrogens with zero attached hydrogens (tertiary/aromatic N) is 4. The maximum atomic E-state index is 12.5. The highest BCUT2D eigenvalue weighted by atomic mass is 32.3. The van der Waals surface area contributed by atoms with Crippen LogP contribution in [0.25, 0.3) is 5.69 Å². The van der Waals surface area contributed by atoms with Crippen molar-refractivity contribution in [3.05, 3.63) is 47.8 Å². The maximum absolute atomic E-state index is 12.5. The van der Waals surface area contributed by atoms with Crippen LogP contribution in [0, 0.1) is 0 Å². The molecule has 1 saturated heterocycles. The van der Waals surface area contributed by atoms with Crippen molar-refractivity contribution in [2.24, 2.45) is 5.73 Å². The number of rotatable bonds is 4. The fourth-order valence-corrected chi connectivity index (χ4v) is 3.71. The average Bonchev–Trinajstić information content (AvgIpc) is 3.11. The molecule has 3 amide bonds. The Hall–Kier alpha value is -2.96. The summed E-state index contributed by atoms with van der Waals surface area (Å²) in [4.78, 5) is 25.7. The predicted octanol–water partition coefficient (Wildman–Crippen LogP) is -0.0746. The number of urea groups is 1. The number of benzene rings is 1. The molecule has 2 bridgehead atoms. The Labute approximate surface area is 147 Å². The van der Waals surface area contributed by atoms with Gasteiger partial charge in [-0.3, -0.25) is 9.35 Å². The van der Waals surface area contributed by atoms with Gasteiger partial charge >= 0.3 is 16.4 Å². The van der Waals surface area contributed by atoms with E-state index >= 15 is 0 Å². The van der Waals surface area contributed by atoms with Gasteiger partial charge in [0, 0.05) is 5.56 Å². The van der Waals surface area contributed by atoms with E-state index in [-0.39, 0.29) is 6.54 Å². The standard InChI is InChI=1S/C14H13N5O6S/c15-13(20)12-11-9(6-16-18(11)8-4-2-1-3-5-8)10-7-17(12)14(21)19(10)25-26(22,23)24/h1-6,10,12H,7H2,(H2,15,20)(H,22,23,24). The smallest absolute Gasteiger partial charge is 0.368 e. The van der Waals surface area contributed by atoms with Crippen molar-refractivity contribution in [3.63, 3.8) is 0 Å². The van der Waals surface area contributed by atoms with E-state index in [2.05, 4.69) is 9.38 Å². The molecule has 0 saturated carbocycles. The number of fused-ring (bicyclic) bond motifs is 4. The number of carbonyl (C=O) groups is 2. The van der Waals surface area contributed by atoms with Gasteiger partial charge in [-0.15, -0.1) is 4.28 Å². The van der Waals surface area contributed by atoms with Crippen LogP contribution in [0.5, 0.6) is 0 Å². The minimum atomic E-state index is -4.93. The molecule has 3 N–H and O–H groups in total.